The Labute approximate surface area is 116 Å². The van der Waals surface area contributed by atoms with Crippen LogP contribution in [0.4, 0.5) is 5.69 Å². The van der Waals surface area contributed by atoms with Gasteiger partial charge >= 0.3 is 11.4 Å². The maximum Gasteiger partial charge on any atom is 0.367 e. The van der Waals surface area contributed by atoms with Crippen LogP contribution in [0.3, 0.4) is 0 Å². The normalized spacial score (nSPS) is 10.5. The molecule has 3 aromatic rings. The van der Waals surface area contributed by atoms with Crippen molar-refractivity contribution in [3.63, 3.8) is 0 Å². The van der Waals surface area contributed by atoms with Crippen LogP contribution < -0.4 is 5.69 Å². The van der Waals surface area contributed by atoms with Crippen molar-refractivity contribution in [2.24, 2.45) is 0 Å². The number of aromatic amines is 1. The maximum absolute atomic E-state index is 11.5. The van der Waals surface area contributed by atoms with Crippen molar-refractivity contribution >= 4 is 5.69 Å². The van der Waals surface area contributed by atoms with E-state index in [1.165, 1.54) is 18.5 Å². The molecule has 0 spiro atoms. The van der Waals surface area contributed by atoms with E-state index in [1.807, 2.05) is 0 Å². The van der Waals surface area contributed by atoms with Gasteiger partial charge < -0.3 is 0 Å². The molecule has 0 aromatic carbocycles. The third-order valence-corrected chi connectivity index (χ3v) is 2.70. The van der Waals surface area contributed by atoms with Gasteiger partial charge in [0.25, 0.3) is 0 Å². The van der Waals surface area contributed by atoms with Crippen molar-refractivity contribution in [3.8, 4) is 17.1 Å². The summed E-state index contributed by atoms with van der Waals surface area (Å²) in [5.41, 5.74) is -0.458. The van der Waals surface area contributed by atoms with Crippen LogP contribution in [0.25, 0.3) is 17.1 Å². The quantitative estimate of drug-likeness (QED) is 0.541. The number of rotatable bonds is 3. The molecule has 0 bridgehead atoms. The summed E-state index contributed by atoms with van der Waals surface area (Å²) in [6.45, 7) is 0. The average molecular weight is 285 g/mol. The van der Waals surface area contributed by atoms with Crippen LogP contribution in [0.1, 0.15) is 0 Å². The molecule has 0 atom stereocenters. The summed E-state index contributed by atoms with van der Waals surface area (Å²) < 4.78 is 0.727. The van der Waals surface area contributed by atoms with Crippen molar-refractivity contribution in [1.82, 2.24) is 30.2 Å². The summed E-state index contributed by atoms with van der Waals surface area (Å²) in [4.78, 5) is 30.2. The van der Waals surface area contributed by atoms with E-state index in [0.717, 1.165) is 4.68 Å². The SMILES string of the molecule is O=c1[nH]nnn1-c1nccc(-c2ccccn2)c1[N+](=O)[O-]. The Kier molecular flexibility index (Phi) is 2.95. The third-order valence-electron chi connectivity index (χ3n) is 2.70. The molecular formula is C11H7N7O3. The molecule has 10 heteroatoms. The van der Waals surface area contributed by atoms with Crippen LogP contribution in [0.5, 0.6) is 0 Å². The predicted molar refractivity (Wildman–Crippen MR) is 69.7 cm³/mol. The molecule has 104 valence electrons. The van der Waals surface area contributed by atoms with Crippen LogP contribution in [0, 0.1) is 10.1 Å². The van der Waals surface area contributed by atoms with E-state index in [4.69, 9.17) is 0 Å². The van der Waals surface area contributed by atoms with Crippen molar-refractivity contribution in [3.05, 3.63) is 57.3 Å². The van der Waals surface area contributed by atoms with Gasteiger partial charge in [-0.05, 0) is 28.6 Å². The lowest BCUT2D eigenvalue weighted by Crippen LogP contribution is -2.19. The number of hydrogen-bond acceptors (Lipinski definition) is 7. The van der Waals surface area contributed by atoms with Crippen molar-refractivity contribution < 1.29 is 4.92 Å². The lowest BCUT2D eigenvalue weighted by atomic mass is 10.1. The van der Waals surface area contributed by atoms with E-state index in [0.29, 0.717) is 5.69 Å². The summed E-state index contributed by atoms with van der Waals surface area (Å²) in [6.07, 6.45) is 2.86. The highest BCUT2D eigenvalue weighted by atomic mass is 16.6. The lowest BCUT2D eigenvalue weighted by Gasteiger charge is -2.05. The van der Waals surface area contributed by atoms with Crippen LogP contribution in [0.2, 0.25) is 0 Å². The van der Waals surface area contributed by atoms with Gasteiger partial charge in [0.1, 0.15) is 0 Å². The molecular weight excluding hydrogens is 278 g/mol. The maximum atomic E-state index is 11.5. The predicted octanol–water partition coefficient (Wildman–Crippen LogP) is 0.321. The van der Waals surface area contributed by atoms with Gasteiger partial charge in [-0.15, -0.1) is 4.68 Å². The monoisotopic (exact) mass is 285 g/mol. The first-order valence-corrected chi connectivity index (χ1v) is 5.74. The Balaban J connectivity index is 2.31. The molecule has 0 saturated heterocycles. The van der Waals surface area contributed by atoms with E-state index in [9.17, 15) is 14.9 Å². The minimum Gasteiger partial charge on any atom is -0.258 e. The summed E-state index contributed by atoms with van der Waals surface area (Å²) >= 11 is 0. The number of hydrogen-bond donors (Lipinski definition) is 1. The molecule has 0 unspecified atom stereocenters. The molecule has 0 fully saturated rings. The fourth-order valence-corrected chi connectivity index (χ4v) is 1.84. The zero-order valence-corrected chi connectivity index (χ0v) is 10.4. The van der Waals surface area contributed by atoms with Crippen LogP contribution in [0.15, 0.2) is 41.5 Å². The number of pyridine rings is 2. The van der Waals surface area contributed by atoms with E-state index in [2.05, 4.69) is 25.5 Å². The largest absolute Gasteiger partial charge is 0.367 e. The van der Waals surface area contributed by atoms with E-state index in [1.54, 1.807) is 18.2 Å². The van der Waals surface area contributed by atoms with Gasteiger partial charge in [0, 0.05) is 12.4 Å². The zero-order chi connectivity index (χ0) is 14.8. The third kappa shape index (κ3) is 2.14. The number of nitrogens with one attached hydrogen (secondary N) is 1. The summed E-state index contributed by atoms with van der Waals surface area (Å²) in [5.74, 6) is -0.220. The topological polar surface area (TPSA) is 132 Å². The molecule has 0 saturated carbocycles. The minimum absolute atomic E-state index is 0.220. The highest BCUT2D eigenvalue weighted by Crippen LogP contribution is 2.31. The first kappa shape index (κ1) is 12.6. The molecule has 1 N–H and O–H groups in total. The number of H-pyrrole nitrogens is 1. The van der Waals surface area contributed by atoms with Gasteiger partial charge in [0.05, 0.1) is 16.2 Å². The highest BCUT2D eigenvalue weighted by Gasteiger charge is 2.26. The second-order valence-corrected chi connectivity index (χ2v) is 3.92. The molecule has 3 rings (SSSR count). The van der Waals surface area contributed by atoms with Crippen molar-refractivity contribution in [1.29, 1.82) is 0 Å². The lowest BCUT2D eigenvalue weighted by molar-refractivity contribution is -0.384. The van der Waals surface area contributed by atoms with Gasteiger partial charge in [-0.2, -0.15) is 0 Å². The Morgan fingerprint density at radius 1 is 1.19 bits per heavy atom. The smallest absolute Gasteiger partial charge is 0.258 e. The fourth-order valence-electron chi connectivity index (χ4n) is 1.84. The molecule has 21 heavy (non-hydrogen) atoms. The van der Waals surface area contributed by atoms with E-state index in [-0.39, 0.29) is 17.1 Å². The van der Waals surface area contributed by atoms with E-state index >= 15 is 0 Å². The average Bonchev–Trinajstić information content (AvgIpc) is 2.93. The van der Waals surface area contributed by atoms with Gasteiger partial charge in [0.2, 0.25) is 5.82 Å². The number of tetrazole rings is 1. The first-order chi connectivity index (χ1) is 10.2. The second kappa shape index (κ2) is 4.92. The molecule has 0 aliphatic rings. The van der Waals surface area contributed by atoms with Crippen molar-refractivity contribution in [2.75, 3.05) is 0 Å². The van der Waals surface area contributed by atoms with Crippen LogP contribution >= 0.6 is 0 Å². The van der Waals surface area contributed by atoms with Gasteiger partial charge in [0.15, 0.2) is 0 Å². The van der Waals surface area contributed by atoms with Gasteiger partial charge in [-0.1, -0.05) is 6.07 Å². The fraction of sp³-hybridized carbons (Fsp3) is 0. The van der Waals surface area contributed by atoms with Gasteiger partial charge in [-0.25, -0.2) is 14.9 Å². The second-order valence-electron chi connectivity index (χ2n) is 3.92. The Bertz CT molecular complexity index is 856. The van der Waals surface area contributed by atoms with Gasteiger partial charge in [-0.3, -0.25) is 15.1 Å². The number of aromatic nitrogens is 6. The summed E-state index contributed by atoms with van der Waals surface area (Å²) in [6, 6.07) is 6.47. The Morgan fingerprint density at radius 2 is 2.05 bits per heavy atom. The number of nitro groups is 1. The van der Waals surface area contributed by atoms with Crippen LogP contribution in [-0.2, 0) is 0 Å². The molecule has 10 nitrogen and oxygen atoms in total. The molecule has 0 aliphatic carbocycles. The first-order valence-electron chi connectivity index (χ1n) is 5.74. The van der Waals surface area contributed by atoms with E-state index < -0.39 is 10.6 Å². The highest BCUT2D eigenvalue weighted by molar-refractivity contribution is 5.74. The molecule has 0 radical (unpaired) electrons. The molecule has 3 aromatic heterocycles. The standard InChI is InChI=1S/C11H7N7O3/c19-11-14-15-16-17(11)10-9(18(20)21)7(4-6-13-10)8-3-1-2-5-12-8/h1-6H,(H,14,16,19). The molecule has 0 aliphatic heterocycles. The molecule has 3 heterocycles. The molecule has 0 amide bonds. The minimum atomic E-state index is -0.719. The Hall–Kier alpha value is -3.43. The number of nitrogens with zero attached hydrogens (tertiary/aromatic N) is 6. The summed E-state index contributed by atoms with van der Waals surface area (Å²) in [7, 11) is 0. The summed E-state index contributed by atoms with van der Waals surface area (Å²) in [5, 5.41) is 20.2. The van der Waals surface area contributed by atoms with Crippen molar-refractivity contribution in [2.45, 2.75) is 0 Å². The Morgan fingerprint density at radius 3 is 2.67 bits per heavy atom. The van der Waals surface area contributed by atoms with Crippen LogP contribution in [-0.4, -0.2) is 35.1 Å². The zero-order valence-electron chi connectivity index (χ0n) is 10.4.